The molecule has 0 atom stereocenters. The molecule has 1 aromatic carbocycles. The van der Waals surface area contributed by atoms with Gasteiger partial charge in [-0.3, -0.25) is 0 Å². The number of nitrogens with zero attached hydrogens (tertiary/aromatic N) is 1. The van der Waals surface area contributed by atoms with Crippen LogP contribution >= 0.6 is 11.6 Å². The Kier molecular flexibility index (Phi) is 4.67. The van der Waals surface area contributed by atoms with E-state index in [4.69, 9.17) is 17.3 Å². The maximum atomic E-state index is 6.33. The summed E-state index contributed by atoms with van der Waals surface area (Å²) in [6, 6.07) is 10.1. The van der Waals surface area contributed by atoms with Crippen molar-refractivity contribution >= 4 is 17.3 Å². The molecule has 2 rings (SSSR count). The molecule has 0 aliphatic rings. The second kappa shape index (κ2) is 6.15. The minimum absolute atomic E-state index is 0.0759. The SMILES string of the molecule is CCCCn1c(C(C)(C)C)cc(N)c1-c1ccc(Cl)cc1. The topological polar surface area (TPSA) is 30.9 Å². The molecule has 0 fully saturated rings. The summed E-state index contributed by atoms with van der Waals surface area (Å²) < 4.78 is 2.38. The Labute approximate surface area is 132 Å². The number of nitrogens with two attached hydrogens (primary N) is 1. The van der Waals surface area contributed by atoms with Gasteiger partial charge in [-0.1, -0.05) is 57.8 Å². The number of hydrogen-bond acceptors (Lipinski definition) is 1. The molecular formula is C18H25ClN2. The molecule has 1 aromatic heterocycles. The Bertz CT molecular complexity index is 603. The standard InChI is InChI=1S/C18H25ClN2/c1-5-6-11-21-16(18(2,3)4)12-15(20)17(21)13-7-9-14(19)10-8-13/h7-10,12H,5-6,11,20H2,1-4H3. The Morgan fingerprint density at radius 1 is 1.14 bits per heavy atom. The van der Waals surface area contributed by atoms with E-state index in [1.54, 1.807) is 0 Å². The molecule has 0 aliphatic heterocycles. The van der Waals surface area contributed by atoms with Gasteiger partial charge in [0.05, 0.1) is 11.4 Å². The van der Waals surface area contributed by atoms with Gasteiger partial charge in [0.1, 0.15) is 0 Å². The van der Waals surface area contributed by atoms with Gasteiger partial charge in [0, 0.05) is 28.2 Å². The fourth-order valence-electron chi connectivity index (χ4n) is 2.67. The van der Waals surface area contributed by atoms with E-state index in [1.165, 1.54) is 12.1 Å². The third-order valence-electron chi connectivity index (χ3n) is 3.75. The van der Waals surface area contributed by atoms with E-state index in [-0.39, 0.29) is 5.41 Å². The van der Waals surface area contributed by atoms with Gasteiger partial charge in [-0.05, 0) is 24.6 Å². The molecule has 1 heterocycles. The average molecular weight is 305 g/mol. The number of benzene rings is 1. The molecule has 0 spiro atoms. The predicted molar refractivity (Wildman–Crippen MR) is 92.9 cm³/mol. The lowest BCUT2D eigenvalue weighted by atomic mass is 9.92. The van der Waals surface area contributed by atoms with Gasteiger partial charge >= 0.3 is 0 Å². The van der Waals surface area contributed by atoms with Crippen molar-refractivity contribution in [3.8, 4) is 11.3 Å². The first kappa shape index (κ1) is 16.0. The molecule has 21 heavy (non-hydrogen) atoms. The number of unbranched alkanes of at least 4 members (excludes halogenated alkanes) is 1. The van der Waals surface area contributed by atoms with Gasteiger partial charge in [-0.25, -0.2) is 0 Å². The maximum Gasteiger partial charge on any atom is 0.0716 e. The van der Waals surface area contributed by atoms with Crippen molar-refractivity contribution in [2.75, 3.05) is 5.73 Å². The summed E-state index contributed by atoms with van der Waals surface area (Å²) in [6.07, 6.45) is 2.32. The van der Waals surface area contributed by atoms with E-state index in [0.717, 1.165) is 34.9 Å². The van der Waals surface area contributed by atoms with Gasteiger partial charge in [0.2, 0.25) is 0 Å². The van der Waals surface area contributed by atoms with Gasteiger partial charge in [0.15, 0.2) is 0 Å². The molecule has 2 N–H and O–H groups in total. The molecule has 0 amide bonds. The third kappa shape index (κ3) is 3.44. The Hall–Kier alpha value is -1.41. The monoisotopic (exact) mass is 304 g/mol. The van der Waals surface area contributed by atoms with E-state index in [1.807, 2.05) is 24.3 Å². The van der Waals surface area contributed by atoms with Crippen LogP contribution in [0.25, 0.3) is 11.3 Å². The zero-order valence-electron chi connectivity index (χ0n) is 13.4. The molecule has 0 saturated carbocycles. The first-order chi connectivity index (χ1) is 9.84. The van der Waals surface area contributed by atoms with Gasteiger partial charge < -0.3 is 10.3 Å². The van der Waals surface area contributed by atoms with Crippen molar-refractivity contribution < 1.29 is 0 Å². The highest BCUT2D eigenvalue weighted by molar-refractivity contribution is 6.30. The lowest BCUT2D eigenvalue weighted by Crippen LogP contribution is -2.18. The minimum atomic E-state index is 0.0759. The summed E-state index contributed by atoms with van der Waals surface area (Å²) >= 11 is 6.00. The van der Waals surface area contributed by atoms with Crippen LogP contribution in [0.3, 0.4) is 0 Å². The summed E-state index contributed by atoms with van der Waals surface area (Å²) in [7, 11) is 0. The first-order valence-electron chi connectivity index (χ1n) is 7.60. The second-order valence-electron chi connectivity index (χ2n) is 6.60. The Morgan fingerprint density at radius 2 is 1.76 bits per heavy atom. The molecule has 3 heteroatoms. The average Bonchev–Trinajstić information content (AvgIpc) is 2.74. The van der Waals surface area contributed by atoms with E-state index < -0.39 is 0 Å². The van der Waals surface area contributed by atoms with Crippen molar-refractivity contribution in [2.24, 2.45) is 0 Å². The van der Waals surface area contributed by atoms with Crippen LogP contribution in [0.5, 0.6) is 0 Å². The van der Waals surface area contributed by atoms with Crippen LogP contribution in [-0.4, -0.2) is 4.57 Å². The van der Waals surface area contributed by atoms with Crippen molar-refractivity contribution in [2.45, 2.75) is 52.5 Å². The summed E-state index contributed by atoms with van der Waals surface area (Å²) in [4.78, 5) is 0. The summed E-state index contributed by atoms with van der Waals surface area (Å²) in [6.45, 7) is 9.91. The van der Waals surface area contributed by atoms with Crippen molar-refractivity contribution in [1.29, 1.82) is 0 Å². The van der Waals surface area contributed by atoms with Crippen LogP contribution in [0.15, 0.2) is 30.3 Å². The van der Waals surface area contributed by atoms with E-state index >= 15 is 0 Å². The quantitative estimate of drug-likeness (QED) is 0.795. The number of halogens is 1. The summed E-state index contributed by atoms with van der Waals surface area (Å²) in [5.74, 6) is 0. The van der Waals surface area contributed by atoms with Crippen molar-refractivity contribution in [1.82, 2.24) is 4.57 Å². The lowest BCUT2D eigenvalue weighted by Gasteiger charge is -2.23. The second-order valence-corrected chi connectivity index (χ2v) is 7.03. The first-order valence-corrected chi connectivity index (χ1v) is 7.97. The van der Waals surface area contributed by atoms with Crippen LogP contribution < -0.4 is 5.73 Å². The fourth-order valence-corrected chi connectivity index (χ4v) is 2.80. The third-order valence-corrected chi connectivity index (χ3v) is 4.00. The van der Waals surface area contributed by atoms with Crippen LogP contribution in [-0.2, 0) is 12.0 Å². The summed E-state index contributed by atoms with van der Waals surface area (Å²) in [5.41, 5.74) is 10.8. The van der Waals surface area contributed by atoms with Crippen LogP contribution in [0.1, 0.15) is 46.2 Å². The smallest absolute Gasteiger partial charge is 0.0716 e. The van der Waals surface area contributed by atoms with Crippen LogP contribution in [0.2, 0.25) is 5.02 Å². The summed E-state index contributed by atoms with van der Waals surface area (Å²) in [5, 5.41) is 0.750. The van der Waals surface area contributed by atoms with E-state index in [2.05, 4.69) is 38.3 Å². The molecule has 114 valence electrons. The van der Waals surface area contributed by atoms with Crippen molar-refractivity contribution in [3.63, 3.8) is 0 Å². The highest BCUT2D eigenvalue weighted by atomic mass is 35.5. The normalized spacial score (nSPS) is 11.9. The zero-order chi connectivity index (χ0) is 15.6. The highest BCUT2D eigenvalue weighted by Crippen LogP contribution is 2.36. The van der Waals surface area contributed by atoms with Crippen LogP contribution in [0, 0.1) is 0 Å². The van der Waals surface area contributed by atoms with Crippen LogP contribution in [0.4, 0.5) is 5.69 Å². The van der Waals surface area contributed by atoms with Gasteiger partial charge in [0.25, 0.3) is 0 Å². The lowest BCUT2D eigenvalue weighted by molar-refractivity contribution is 0.508. The highest BCUT2D eigenvalue weighted by Gasteiger charge is 2.23. The Morgan fingerprint density at radius 3 is 2.29 bits per heavy atom. The number of rotatable bonds is 4. The molecule has 0 unspecified atom stereocenters. The maximum absolute atomic E-state index is 6.33. The fraction of sp³-hybridized carbons (Fsp3) is 0.444. The molecular weight excluding hydrogens is 280 g/mol. The molecule has 2 nitrogen and oxygen atoms in total. The number of aromatic nitrogens is 1. The number of nitrogen functional groups attached to an aromatic ring is 1. The molecule has 0 radical (unpaired) electrons. The molecule has 2 aromatic rings. The predicted octanol–water partition coefficient (Wildman–Crippen LogP) is 5.49. The number of hydrogen-bond donors (Lipinski definition) is 1. The minimum Gasteiger partial charge on any atom is -0.397 e. The van der Waals surface area contributed by atoms with Gasteiger partial charge in [-0.2, -0.15) is 0 Å². The number of anilines is 1. The molecule has 0 saturated heterocycles. The largest absolute Gasteiger partial charge is 0.397 e. The Balaban J connectivity index is 2.58. The van der Waals surface area contributed by atoms with Crippen molar-refractivity contribution in [3.05, 3.63) is 41.0 Å². The molecule has 0 aliphatic carbocycles. The van der Waals surface area contributed by atoms with E-state index in [9.17, 15) is 0 Å². The van der Waals surface area contributed by atoms with E-state index in [0.29, 0.717) is 0 Å². The zero-order valence-corrected chi connectivity index (χ0v) is 14.2. The van der Waals surface area contributed by atoms with Gasteiger partial charge in [-0.15, -0.1) is 0 Å². The molecule has 0 bridgehead atoms.